The number of carbonyl (C=O) groups excluding carboxylic acids is 2. The Morgan fingerprint density at radius 1 is 1.00 bits per heavy atom. The first-order valence-electron chi connectivity index (χ1n) is 9.34. The number of carbonyl (C=O) groups is 2. The lowest BCUT2D eigenvalue weighted by Crippen LogP contribution is -2.27. The van der Waals surface area contributed by atoms with Gasteiger partial charge in [-0.3, -0.25) is 9.59 Å². The second kappa shape index (κ2) is 9.26. The molecule has 0 spiro atoms. The molecule has 1 aromatic heterocycles. The number of amides is 2. The monoisotopic (exact) mass is 444 g/mol. The molecule has 160 valence electrons. The summed E-state index contributed by atoms with van der Waals surface area (Å²) >= 11 is 1.36. The summed E-state index contributed by atoms with van der Waals surface area (Å²) in [5.74, 6) is -1.49. The molecule has 8 heteroatoms. The summed E-state index contributed by atoms with van der Waals surface area (Å²) < 4.78 is 39.8. The van der Waals surface area contributed by atoms with E-state index in [9.17, 15) is 22.8 Å². The molecule has 1 heterocycles. The molecule has 0 aliphatic rings. The van der Waals surface area contributed by atoms with Gasteiger partial charge in [-0.05, 0) is 60.7 Å². The van der Waals surface area contributed by atoms with E-state index in [2.05, 4.69) is 10.3 Å². The number of hydrogen-bond donors (Lipinski definition) is 1. The minimum absolute atomic E-state index is 0.0221. The van der Waals surface area contributed by atoms with Crippen molar-refractivity contribution in [3.05, 3.63) is 87.1 Å². The smallest absolute Gasteiger partial charge is 0.320 e. The predicted octanol–water partition coefficient (Wildman–Crippen LogP) is 5.85. The molecule has 0 bridgehead atoms. The predicted molar refractivity (Wildman–Crippen MR) is 116 cm³/mol. The van der Waals surface area contributed by atoms with Gasteiger partial charge in [0.25, 0.3) is 11.8 Å². The van der Waals surface area contributed by atoms with Crippen LogP contribution in [-0.2, 0) is 17.4 Å². The highest BCUT2D eigenvalue weighted by molar-refractivity contribution is 7.10. The standard InChI is InChI=1S/C23H19F3N2O2S/c1-14-9-10-16(12-15(14)2)21(29)28-20(13-17-6-5-11-31-17)22(30)27-19-8-4-3-7-18(19)23(24,25)26/h3-12H,13H2,1-2H3,(H,27,30). The number of halogens is 3. The number of para-hydroxylation sites is 1. The number of alkyl halides is 3. The average Bonchev–Trinajstić information content (AvgIpc) is 3.22. The fraction of sp³-hybridized carbons (Fsp3) is 0.174. The Kier molecular flexibility index (Phi) is 6.70. The minimum atomic E-state index is -4.63. The van der Waals surface area contributed by atoms with Crippen molar-refractivity contribution in [1.82, 2.24) is 0 Å². The highest BCUT2D eigenvalue weighted by Gasteiger charge is 2.34. The van der Waals surface area contributed by atoms with E-state index in [-0.39, 0.29) is 12.1 Å². The third kappa shape index (κ3) is 5.67. The molecule has 0 fully saturated rings. The van der Waals surface area contributed by atoms with Gasteiger partial charge in [-0.15, -0.1) is 11.3 Å². The first-order chi connectivity index (χ1) is 14.6. The molecule has 3 rings (SSSR count). The molecule has 0 saturated carbocycles. The van der Waals surface area contributed by atoms with Gasteiger partial charge < -0.3 is 5.32 Å². The van der Waals surface area contributed by atoms with Crippen molar-refractivity contribution in [3.8, 4) is 0 Å². The first-order valence-corrected chi connectivity index (χ1v) is 10.2. The highest BCUT2D eigenvalue weighted by Crippen LogP contribution is 2.34. The first kappa shape index (κ1) is 22.4. The van der Waals surface area contributed by atoms with Crippen LogP contribution in [0.25, 0.3) is 0 Å². The van der Waals surface area contributed by atoms with Crippen molar-refractivity contribution >= 4 is 34.6 Å². The van der Waals surface area contributed by atoms with Gasteiger partial charge in [0.05, 0.1) is 11.3 Å². The fourth-order valence-corrected chi connectivity index (χ4v) is 3.55. The number of hydrogen-bond acceptors (Lipinski definition) is 3. The molecule has 2 aromatic carbocycles. The van der Waals surface area contributed by atoms with E-state index >= 15 is 0 Å². The summed E-state index contributed by atoms with van der Waals surface area (Å²) in [6.07, 6.45) is -4.61. The Balaban J connectivity index is 1.94. The van der Waals surface area contributed by atoms with E-state index in [4.69, 9.17) is 0 Å². The third-order valence-corrected chi connectivity index (χ3v) is 5.53. The van der Waals surface area contributed by atoms with E-state index in [0.29, 0.717) is 5.56 Å². The summed E-state index contributed by atoms with van der Waals surface area (Å²) in [5.41, 5.74) is 0.667. The van der Waals surface area contributed by atoms with Gasteiger partial charge in [-0.25, -0.2) is 4.99 Å². The molecule has 0 unspecified atom stereocenters. The van der Waals surface area contributed by atoms with Gasteiger partial charge in [0.2, 0.25) is 0 Å². The normalized spacial score (nSPS) is 12.0. The number of nitrogens with zero attached hydrogens (tertiary/aromatic N) is 1. The number of rotatable bonds is 5. The van der Waals surface area contributed by atoms with Gasteiger partial charge >= 0.3 is 6.18 Å². The second-order valence-corrected chi connectivity index (χ2v) is 7.95. The number of anilines is 1. The average molecular weight is 444 g/mol. The molecule has 0 saturated heterocycles. The number of aryl methyl sites for hydroxylation is 2. The highest BCUT2D eigenvalue weighted by atomic mass is 32.1. The van der Waals surface area contributed by atoms with E-state index in [1.807, 2.05) is 13.8 Å². The van der Waals surface area contributed by atoms with E-state index in [1.54, 1.807) is 35.7 Å². The lowest BCUT2D eigenvalue weighted by atomic mass is 10.1. The number of aliphatic imine (C=N–C) groups is 1. The van der Waals surface area contributed by atoms with Crippen molar-refractivity contribution in [2.75, 3.05) is 5.32 Å². The van der Waals surface area contributed by atoms with Crippen molar-refractivity contribution < 1.29 is 22.8 Å². The van der Waals surface area contributed by atoms with Gasteiger partial charge in [-0.2, -0.15) is 13.2 Å². The maximum Gasteiger partial charge on any atom is 0.418 e. The summed E-state index contributed by atoms with van der Waals surface area (Å²) in [4.78, 5) is 30.3. The maximum atomic E-state index is 13.3. The van der Waals surface area contributed by atoms with Gasteiger partial charge in [0, 0.05) is 16.9 Å². The third-order valence-electron chi connectivity index (χ3n) is 4.65. The summed E-state index contributed by atoms with van der Waals surface area (Å²) in [6, 6.07) is 13.3. The molecule has 0 aliphatic carbocycles. The molecule has 0 atom stereocenters. The Labute approximate surface area is 181 Å². The molecular formula is C23H19F3N2O2S. The van der Waals surface area contributed by atoms with Gasteiger partial charge in [0.15, 0.2) is 0 Å². The molecule has 3 aromatic rings. The van der Waals surface area contributed by atoms with Gasteiger partial charge in [-0.1, -0.05) is 24.3 Å². The molecule has 2 amide bonds. The zero-order valence-electron chi connectivity index (χ0n) is 16.8. The lowest BCUT2D eigenvalue weighted by molar-refractivity contribution is -0.136. The Morgan fingerprint density at radius 2 is 1.74 bits per heavy atom. The zero-order chi connectivity index (χ0) is 22.6. The topological polar surface area (TPSA) is 58.5 Å². The minimum Gasteiger partial charge on any atom is -0.320 e. The summed E-state index contributed by atoms with van der Waals surface area (Å²) in [6.45, 7) is 3.75. The Morgan fingerprint density at radius 3 is 2.39 bits per heavy atom. The van der Waals surface area contributed by atoms with Crippen molar-refractivity contribution in [1.29, 1.82) is 0 Å². The van der Waals surface area contributed by atoms with Crippen LogP contribution in [-0.4, -0.2) is 17.5 Å². The van der Waals surface area contributed by atoms with E-state index in [0.717, 1.165) is 28.1 Å². The van der Waals surface area contributed by atoms with E-state index < -0.39 is 29.2 Å². The van der Waals surface area contributed by atoms with Crippen LogP contribution < -0.4 is 5.32 Å². The van der Waals surface area contributed by atoms with Crippen LogP contribution >= 0.6 is 11.3 Å². The molecule has 0 aliphatic heterocycles. The van der Waals surface area contributed by atoms with Crippen LogP contribution in [0, 0.1) is 13.8 Å². The number of thiophene rings is 1. The number of benzene rings is 2. The molecule has 0 radical (unpaired) electrons. The maximum absolute atomic E-state index is 13.3. The second-order valence-electron chi connectivity index (χ2n) is 6.92. The molecule has 4 nitrogen and oxygen atoms in total. The summed E-state index contributed by atoms with van der Waals surface area (Å²) in [5, 5.41) is 4.07. The van der Waals surface area contributed by atoms with Crippen LogP contribution in [0.2, 0.25) is 0 Å². The van der Waals surface area contributed by atoms with Crippen LogP contribution in [0.15, 0.2) is 65.0 Å². The van der Waals surface area contributed by atoms with Crippen molar-refractivity contribution in [2.45, 2.75) is 26.4 Å². The zero-order valence-corrected chi connectivity index (χ0v) is 17.6. The molecular weight excluding hydrogens is 425 g/mol. The summed E-state index contributed by atoms with van der Waals surface area (Å²) in [7, 11) is 0. The largest absolute Gasteiger partial charge is 0.418 e. The fourth-order valence-electron chi connectivity index (χ4n) is 2.84. The SMILES string of the molecule is Cc1ccc(C(=O)N=C(Cc2cccs2)C(=O)Nc2ccccc2C(F)(F)F)cc1C. The van der Waals surface area contributed by atoms with Crippen molar-refractivity contribution in [3.63, 3.8) is 0 Å². The molecule has 31 heavy (non-hydrogen) atoms. The van der Waals surface area contributed by atoms with Crippen LogP contribution in [0.3, 0.4) is 0 Å². The lowest BCUT2D eigenvalue weighted by Gasteiger charge is -2.14. The van der Waals surface area contributed by atoms with E-state index in [1.165, 1.54) is 23.5 Å². The Bertz CT molecular complexity index is 1140. The Hall–Kier alpha value is -3.26. The van der Waals surface area contributed by atoms with Crippen LogP contribution in [0.5, 0.6) is 0 Å². The van der Waals surface area contributed by atoms with Crippen molar-refractivity contribution in [2.24, 2.45) is 4.99 Å². The van der Waals surface area contributed by atoms with Gasteiger partial charge in [0.1, 0.15) is 5.71 Å². The quantitative estimate of drug-likeness (QED) is 0.502. The molecule has 1 N–H and O–H groups in total. The number of nitrogens with one attached hydrogen (secondary N) is 1. The van der Waals surface area contributed by atoms with Crippen LogP contribution in [0.1, 0.15) is 31.9 Å². The van der Waals surface area contributed by atoms with Crippen LogP contribution in [0.4, 0.5) is 18.9 Å².